The average Bonchev–Trinajstić information content (AvgIpc) is 3.28. The van der Waals surface area contributed by atoms with Gasteiger partial charge in [-0.2, -0.15) is 0 Å². The number of nitrogens with one attached hydrogen (secondary N) is 1. The molecule has 3 rings (SSSR count). The van der Waals surface area contributed by atoms with Crippen molar-refractivity contribution in [2.45, 2.75) is 80.3 Å². The molecule has 3 aliphatic rings. The Morgan fingerprint density at radius 2 is 1.47 bits per heavy atom. The van der Waals surface area contributed by atoms with E-state index in [0.717, 1.165) is 6.42 Å². The van der Waals surface area contributed by atoms with Crippen molar-refractivity contribution in [1.82, 2.24) is 5.32 Å². The highest BCUT2D eigenvalue weighted by atomic mass is 16.8. The fraction of sp³-hybridized carbons (Fsp3) is 0.941. The van der Waals surface area contributed by atoms with Crippen molar-refractivity contribution in [2.24, 2.45) is 0 Å². The first-order chi connectivity index (χ1) is 14.3. The first-order valence-corrected chi connectivity index (χ1v) is 9.80. The van der Waals surface area contributed by atoms with E-state index in [0.29, 0.717) is 13.0 Å². The molecule has 3 aliphatic heterocycles. The van der Waals surface area contributed by atoms with Gasteiger partial charge in [-0.1, -0.05) is 0 Å². The maximum atomic E-state index is 12.3. The zero-order valence-electron chi connectivity index (χ0n) is 16.1. The highest BCUT2D eigenvalue weighted by Gasteiger charge is 2.51. The molecule has 13 heteroatoms. The van der Waals surface area contributed by atoms with E-state index in [1.165, 1.54) is 0 Å². The van der Waals surface area contributed by atoms with Gasteiger partial charge in [0.1, 0.15) is 48.8 Å². The summed E-state index contributed by atoms with van der Waals surface area (Å²) in [6, 6.07) is -0.593. The van der Waals surface area contributed by atoms with Crippen LogP contribution >= 0.6 is 0 Å². The SMILES string of the molecule is O=C(O[C@@H]1[C@@H](O)[C@@H](O[C@H]2O[C@H](CO)[C@@H](O)[C@H](O)[C@H]2O)O[C@H](CO)[C@H]1O)[C@@H]1CCCN1. The van der Waals surface area contributed by atoms with E-state index in [1.54, 1.807) is 0 Å². The Morgan fingerprint density at radius 1 is 0.867 bits per heavy atom. The minimum absolute atomic E-state index is 0.530. The van der Waals surface area contributed by atoms with Gasteiger partial charge in [0.2, 0.25) is 0 Å². The summed E-state index contributed by atoms with van der Waals surface area (Å²) >= 11 is 0. The van der Waals surface area contributed by atoms with Crippen LogP contribution in [0, 0.1) is 0 Å². The fourth-order valence-corrected chi connectivity index (χ4v) is 3.72. The van der Waals surface area contributed by atoms with E-state index >= 15 is 0 Å². The topological polar surface area (TPSA) is 208 Å². The van der Waals surface area contributed by atoms with Gasteiger partial charge in [-0.15, -0.1) is 0 Å². The van der Waals surface area contributed by atoms with Crippen LogP contribution in [0.25, 0.3) is 0 Å². The summed E-state index contributed by atoms with van der Waals surface area (Å²) in [7, 11) is 0. The molecule has 0 aliphatic carbocycles. The lowest BCUT2D eigenvalue weighted by Crippen LogP contribution is -2.64. The predicted octanol–water partition coefficient (Wildman–Crippen LogP) is -5.09. The number of aliphatic hydroxyl groups is 7. The Bertz CT molecular complexity index is 573. The van der Waals surface area contributed by atoms with E-state index in [-0.39, 0.29) is 0 Å². The Kier molecular flexibility index (Phi) is 7.97. The molecule has 0 radical (unpaired) electrons. The van der Waals surface area contributed by atoms with E-state index in [9.17, 15) is 40.5 Å². The van der Waals surface area contributed by atoms with Crippen LogP contribution in [0.15, 0.2) is 0 Å². The lowest BCUT2D eigenvalue weighted by Gasteiger charge is -2.45. The Balaban J connectivity index is 1.71. The molecule has 0 amide bonds. The van der Waals surface area contributed by atoms with Gasteiger partial charge in [-0.3, -0.25) is 4.79 Å². The van der Waals surface area contributed by atoms with Crippen molar-refractivity contribution < 1.29 is 59.5 Å². The average molecular weight is 439 g/mol. The number of rotatable bonds is 6. The minimum atomic E-state index is -1.76. The molecular weight excluding hydrogens is 410 g/mol. The second-order valence-corrected chi connectivity index (χ2v) is 7.59. The Morgan fingerprint density at radius 3 is 2.03 bits per heavy atom. The molecule has 11 atom stereocenters. The van der Waals surface area contributed by atoms with Crippen LogP contribution < -0.4 is 5.32 Å². The third kappa shape index (κ3) is 4.76. The van der Waals surface area contributed by atoms with Crippen LogP contribution in [0.5, 0.6) is 0 Å². The Labute approximate surface area is 171 Å². The minimum Gasteiger partial charge on any atom is -0.455 e. The second-order valence-electron chi connectivity index (χ2n) is 7.59. The molecule has 0 spiro atoms. The largest absolute Gasteiger partial charge is 0.455 e. The maximum Gasteiger partial charge on any atom is 0.323 e. The van der Waals surface area contributed by atoms with Crippen molar-refractivity contribution in [2.75, 3.05) is 19.8 Å². The summed E-state index contributed by atoms with van der Waals surface area (Å²) in [6.07, 6.45) is -14.4. The molecule has 3 fully saturated rings. The maximum absolute atomic E-state index is 12.3. The molecule has 0 aromatic carbocycles. The molecule has 8 N–H and O–H groups in total. The van der Waals surface area contributed by atoms with Crippen LogP contribution in [0.4, 0.5) is 0 Å². The van der Waals surface area contributed by atoms with E-state index < -0.39 is 86.6 Å². The first kappa shape index (κ1) is 23.7. The monoisotopic (exact) mass is 439 g/mol. The lowest BCUT2D eigenvalue weighted by atomic mass is 9.98. The number of hydrogen-bond donors (Lipinski definition) is 8. The highest BCUT2D eigenvalue weighted by Crippen LogP contribution is 2.29. The van der Waals surface area contributed by atoms with Gasteiger partial charge >= 0.3 is 5.97 Å². The van der Waals surface area contributed by atoms with Crippen molar-refractivity contribution >= 4 is 5.97 Å². The van der Waals surface area contributed by atoms with Crippen molar-refractivity contribution in [3.63, 3.8) is 0 Å². The van der Waals surface area contributed by atoms with Crippen LogP contribution in [0.1, 0.15) is 12.8 Å². The fourth-order valence-electron chi connectivity index (χ4n) is 3.72. The van der Waals surface area contributed by atoms with Crippen molar-refractivity contribution in [1.29, 1.82) is 0 Å². The number of ether oxygens (including phenoxy) is 4. The smallest absolute Gasteiger partial charge is 0.323 e. The molecule has 3 saturated heterocycles. The molecule has 0 bridgehead atoms. The summed E-state index contributed by atoms with van der Waals surface area (Å²) in [5.74, 6) is -0.694. The zero-order chi connectivity index (χ0) is 22.0. The van der Waals surface area contributed by atoms with Crippen LogP contribution in [0.3, 0.4) is 0 Å². The number of aliphatic hydroxyl groups excluding tert-OH is 7. The summed E-state index contributed by atoms with van der Waals surface area (Å²) in [6.45, 7) is -0.760. The number of carbonyl (C=O) groups is 1. The highest BCUT2D eigenvalue weighted by molar-refractivity contribution is 5.76. The van der Waals surface area contributed by atoms with Gasteiger partial charge in [0, 0.05) is 0 Å². The Hall–Kier alpha value is -0.970. The van der Waals surface area contributed by atoms with Gasteiger partial charge in [0.15, 0.2) is 18.7 Å². The molecular formula is C17H29NO12. The summed E-state index contributed by atoms with van der Waals surface area (Å²) in [4.78, 5) is 12.3. The summed E-state index contributed by atoms with van der Waals surface area (Å²) in [5, 5.41) is 72.4. The third-order valence-electron chi connectivity index (χ3n) is 5.54. The van der Waals surface area contributed by atoms with Gasteiger partial charge in [0.05, 0.1) is 13.2 Å². The van der Waals surface area contributed by atoms with Gasteiger partial charge in [-0.05, 0) is 19.4 Å². The molecule has 13 nitrogen and oxygen atoms in total. The van der Waals surface area contributed by atoms with Crippen LogP contribution in [0.2, 0.25) is 0 Å². The molecule has 0 saturated carbocycles. The predicted molar refractivity (Wildman–Crippen MR) is 93.5 cm³/mol. The second kappa shape index (κ2) is 10.1. The van der Waals surface area contributed by atoms with E-state index in [1.807, 2.05) is 0 Å². The molecule has 3 heterocycles. The first-order valence-electron chi connectivity index (χ1n) is 9.80. The third-order valence-corrected chi connectivity index (χ3v) is 5.54. The quantitative estimate of drug-likeness (QED) is 0.182. The van der Waals surface area contributed by atoms with Crippen LogP contribution in [-0.2, 0) is 23.7 Å². The zero-order valence-corrected chi connectivity index (χ0v) is 16.1. The van der Waals surface area contributed by atoms with Crippen LogP contribution in [-0.4, -0.2) is 129 Å². The number of carbonyl (C=O) groups excluding carboxylic acids is 1. The summed E-state index contributed by atoms with van der Waals surface area (Å²) in [5.41, 5.74) is 0. The van der Waals surface area contributed by atoms with Gasteiger partial charge < -0.3 is 60.0 Å². The van der Waals surface area contributed by atoms with Gasteiger partial charge in [0.25, 0.3) is 0 Å². The number of hydrogen-bond acceptors (Lipinski definition) is 13. The van der Waals surface area contributed by atoms with Crippen molar-refractivity contribution in [3.05, 3.63) is 0 Å². The lowest BCUT2D eigenvalue weighted by molar-refractivity contribution is -0.376. The normalized spacial score (nSPS) is 47.2. The van der Waals surface area contributed by atoms with Crippen molar-refractivity contribution in [3.8, 4) is 0 Å². The number of esters is 1. The standard InChI is InChI=1S/C17H29NO12/c19-4-7-9(21)11(23)12(24)16(27-7)30-17-13(25)14(10(22)8(5-20)28-17)29-15(26)6-2-1-3-18-6/h6-14,16-25H,1-5H2/t6-,7+,8+,9+,10+,11-,12+,13+,14-,16+,17+/m0/s1. The molecule has 0 aromatic heterocycles. The molecule has 0 unspecified atom stereocenters. The van der Waals surface area contributed by atoms with Gasteiger partial charge in [-0.25, -0.2) is 0 Å². The molecule has 0 aromatic rings. The molecule has 174 valence electrons. The summed E-state index contributed by atoms with van der Waals surface area (Å²) < 4.78 is 21.1. The van der Waals surface area contributed by atoms with E-state index in [4.69, 9.17) is 18.9 Å². The molecule has 30 heavy (non-hydrogen) atoms. The van der Waals surface area contributed by atoms with E-state index in [2.05, 4.69) is 5.32 Å².